The van der Waals surface area contributed by atoms with Gasteiger partial charge in [0.1, 0.15) is 5.76 Å². The fraction of sp³-hybridized carbons (Fsp3) is 0.688. The van der Waals surface area contributed by atoms with E-state index in [0.717, 1.165) is 44.3 Å². The van der Waals surface area contributed by atoms with Gasteiger partial charge in [0.25, 0.3) is 0 Å². The summed E-state index contributed by atoms with van der Waals surface area (Å²) in [4.78, 5) is 12.1. The van der Waals surface area contributed by atoms with Crippen molar-refractivity contribution in [3.05, 3.63) is 24.2 Å². The number of carbonyl (C=O) groups is 1. The maximum atomic E-state index is 12.1. The second kappa shape index (κ2) is 6.93. The molecule has 4 heteroatoms. The standard InChI is InChI=1S/C16H26N2O2/c1-13(7-8-14-6-5-11-20-14)18-15(19)12-16(17)9-3-2-4-10-16/h5-6,11,13H,2-4,7-10,12,17H2,1H3,(H,18,19). The molecule has 0 bridgehead atoms. The highest BCUT2D eigenvalue weighted by Gasteiger charge is 2.30. The van der Waals surface area contributed by atoms with Crippen LogP contribution >= 0.6 is 0 Å². The van der Waals surface area contributed by atoms with Crippen molar-refractivity contribution >= 4 is 5.91 Å². The minimum Gasteiger partial charge on any atom is -0.469 e. The van der Waals surface area contributed by atoms with Crippen LogP contribution in [0.1, 0.15) is 57.6 Å². The van der Waals surface area contributed by atoms with Crippen LogP contribution in [0.4, 0.5) is 0 Å². The van der Waals surface area contributed by atoms with E-state index in [9.17, 15) is 4.79 Å². The van der Waals surface area contributed by atoms with Crippen LogP contribution in [-0.2, 0) is 11.2 Å². The Balaban J connectivity index is 1.70. The Hall–Kier alpha value is -1.29. The fourth-order valence-corrected chi connectivity index (χ4v) is 2.96. The summed E-state index contributed by atoms with van der Waals surface area (Å²) in [6.07, 6.45) is 9.37. The van der Waals surface area contributed by atoms with Crippen LogP contribution in [-0.4, -0.2) is 17.5 Å². The van der Waals surface area contributed by atoms with Crippen LogP contribution in [0.15, 0.2) is 22.8 Å². The van der Waals surface area contributed by atoms with E-state index in [1.165, 1.54) is 6.42 Å². The van der Waals surface area contributed by atoms with Crippen LogP contribution < -0.4 is 11.1 Å². The highest BCUT2D eigenvalue weighted by Crippen LogP contribution is 2.28. The number of hydrogen-bond donors (Lipinski definition) is 2. The van der Waals surface area contributed by atoms with Crippen molar-refractivity contribution in [1.29, 1.82) is 0 Å². The van der Waals surface area contributed by atoms with Crippen molar-refractivity contribution in [3.8, 4) is 0 Å². The first kappa shape index (κ1) is 15.1. The molecule has 1 fully saturated rings. The van der Waals surface area contributed by atoms with Gasteiger partial charge < -0.3 is 15.5 Å². The number of hydrogen-bond acceptors (Lipinski definition) is 3. The van der Waals surface area contributed by atoms with Gasteiger partial charge in [-0.2, -0.15) is 0 Å². The molecule has 1 atom stereocenters. The summed E-state index contributed by atoms with van der Waals surface area (Å²) >= 11 is 0. The third-order valence-corrected chi connectivity index (χ3v) is 4.17. The molecule has 1 aromatic heterocycles. The molecule has 3 N–H and O–H groups in total. The minimum absolute atomic E-state index is 0.0846. The van der Waals surface area contributed by atoms with E-state index in [-0.39, 0.29) is 17.5 Å². The smallest absolute Gasteiger partial charge is 0.222 e. The van der Waals surface area contributed by atoms with Crippen LogP contribution in [0, 0.1) is 0 Å². The zero-order valence-electron chi connectivity index (χ0n) is 12.4. The summed E-state index contributed by atoms with van der Waals surface area (Å²) in [5.41, 5.74) is 6.04. The predicted molar refractivity (Wildman–Crippen MR) is 79.3 cm³/mol. The Morgan fingerprint density at radius 3 is 2.85 bits per heavy atom. The van der Waals surface area contributed by atoms with E-state index < -0.39 is 0 Å². The molecule has 0 spiro atoms. The Labute approximate surface area is 121 Å². The second-order valence-electron chi connectivity index (χ2n) is 6.19. The van der Waals surface area contributed by atoms with Crippen molar-refractivity contribution in [2.45, 2.75) is 69.9 Å². The molecule has 1 amide bonds. The Morgan fingerprint density at radius 2 is 2.20 bits per heavy atom. The molecule has 0 saturated heterocycles. The van der Waals surface area contributed by atoms with Gasteiger partial charge in [0.15, 0.2) is 0 Å². The lowest BCUT2D eigenvalue weighted by Gasteiger charge is -2.33. The van der Waals surface area contributed by atoms with Gasteiger partial charge >= 0.3 is 0 Å². The van der Waals surface area contributed by atoms with E-state index >= 15 is 0 Å². The molecule has 1 aliphatic carbocycles. The molecular formula is C16H26N2O2. The SMILES string of the molecule is CC(CCc1ccco1)NC(=O)CC1(N)CCCCC1. The topological polar surface area (TPSA) is 68.3 Å². The lowest BCUT2D eigenvalue weighted by molar-refractivity contribution is -0.123. The van der Waals surface area contributed by atoms with Crippen molar-refractivity contribution in [2.75, 3.05) is 0 Å². The summed E-state index contributed by atoms with van der Waals surface area (Å²) in [6, 6.07) is 4.01. The Bertz CT molecular complexity index is 408. The fourth-order valence-electron chi connectivity index (χ4n) is 2.96. The molecule has 1 heterocycles. The first-order valence-electron chi connectivity index (χ1n) is 7.68. The molecule has 112 valence electrons. The summed E-state index contributed by atoms with van der Waals surface area (Å²) < 4.78 is 5.29. The minimum atomic E-state index is -0.275. The largest absolute Gasteiger partial charge is 0.469 e. The average Bonchev–Trinajstić information content (AvgIpc) is 2.89. The first-order valence-corrected chi connectivity index (χ1v) is 7.68. The third-order valence-electron chi connectivity index (χ3n) is 4.17. The van der Waals surface area contributed by atoms with Gasteiger partial charge in [-0.3, -0.25) is 4.79 Å². The highest BCUT2D eigenvalue weighted by molar-refractivity contribution is 5.77. The van der Waals surface area contributed by atoms with Gasteiger partial charge in [0.2, 0.25) is 5.91 Å². The number of rotatable bonds is 6. The number of furan rings is 1. The number of aryl methyl sites for hydroxylation is 1. The monoisotopic (exact) mass is 278 g/mol. The number of nitrogens with two attached hydrogens (primary N) is 1. The van der Waals surface area contributed by atoms with Gasteiger partial charge in [0, 0.05) is 24.4 Å². The van der Waals surface area contributed by atoms with Gasteiger partial charge in [-0.25, -0.2) is 0 Å². The second-order valence-corrected chi connectivity index (χ2v) is 6.19. The van der Waals surface area contributed by atoms with Crippen molar-refractivity contribution < 1.29 is 9.21 Å². The molecule has 1 unspecified atom stereocenters. The molecule has 0 aromatic carbocycles. The highest BCUT2D eigenvalue weighted by atomic mass is 16.3. The van der Waals surface area contributed by atoms with Crippen LogP contribution in [0.2, 0.25) is 0 Å². The van der Waals surface area contributed by atoms with Gasteiger partial charge in [-0.1, -0.05) is 19.3 Å². The van der Waals surface area contributed by atoms with Crippen molar-refractivity contribution in [2.24, 2.45) is 5.73 Å². The quantitative estimate of drug-likeness (QED) is 0.840. The van der Waals surface area contributed by atoms with Gasteiger partial charge in [0.05, 0.1) is 6.26 Å². The Kier molecular flexibility index (Phi) is 5.24. The first-order chi connectivity index (χ1) is 9.57. The lowest BCUT2D eigenvalue weighted by Crippen LogP contribution is -2.47. The summed E-state index contributed by atoms with van der Waals surface area (Å²) in [5, 5.41) is 3.05. The van der Waals surface area contributed by atoms with E-state index in [2.05, 4.69) is 5.32 Å². The maximum absolute atomic E-state index is 12.1. The van der Waals surface area contributed by atoms with Crippen molar-refractivity contribution in [1.82, 2.24) is 5.32 Å². The molecule has 2 rings (SSSR count). The molecule has 0 aliphatic heterocycles. The lowest BCUT2D eigenvalue weighted by atomic mass is 9.80. The van der Waals surface area contributed by atoms with Crippen molar-refractivity contribution in [3.63, 3.8) is 0 Å². The van der Waals surface area contributed by atoms with Gasteiger partial charge in [-0.05, 0) is 38.3 Å². The molecule has 1 aromatic rings. The number of carbonyl (C=O) groups excluding carboxylic acids is 1. The average molecular weight is 278 g/mol. The van der Waals surface area contributed by atoms with Crippen LogP contribution in [0.25, 0.3) is 0 Å². The molecule has 1 aliphatic rings. The molecule has 0 radical (unpaired) electrons. The third kappa shape index (κ3) is 4.67. The number of nitrogens with one attached hydrogen (secondary N) is 1. The van der Waals surface area contributed by atoms with Crippen LogP contribution in [0.5, 0.6) is 0 Å². The Morgan fingerprint density at radius 1 is 1.45 bits per heavy atom. The predicted octanol–water partition coefficient (Wildman–Crippen LogP) is 2.77. The normalized spacial score (nSPS) is 19.5. The molecule has 1 saturated carbocycles. The molecule has 4 nitrogen and oxygen atoms in total. The molecule has 20 heavy (non-hydrogen) atoms. The van der Waals surface area contributed by atoms with E-state index in [1.54, 1.807) is 6.26 Å². The summed E-state index contributed by atoms with van der Waals surface area (Å²) in [5.74, 6) is 1.05. The van der Waals surface area contributed by atoms with E-state index in [0.29, 0.717) is 6.42 Å². The maximum Gasteiger partial charge on any atom is 0.222 e. The number of amides is 1. The summed E-state index contributed by atoms with van der Waals surface area (Å²) in [6.45, 7) is 2.03. The zero-order valence-corrected chi connectivity index (χ0v) is 12.4. The molecular weight excluding hydrogens is 252 g/mol. The van der Waals surface area contributed by atoms with E-state index in [1.807, 2.05) is 19.1 Å². The van der Waals surface area contributed by atoms with Gasteiger partial charge in [-0.15, -0.1) is 0 Å². The summed E-state index contributed by atoms with van der Waals surface area (Å²) in [7, 11) is 0. The zero-order chi connectivity index (χ0) is 14.4. The van der Waals surface area contributed by atoms with E-state index in [4.69, 9.17) is 10.2 Å². The van der Waals surface area contributed by atoms with Crippen LogP contribution in [0.3, 0.4) is 0 Å².